The van der Waals surface area contributed by atoms with Crippen molar-refractivity contribution in [1.82, 2.24) is 4.90 Å². The maximum atomic E-state index is 13.8. The van der Waals surface area contributed by atoms with Gasteiger partial charge in [-0.3, -0.25) is 9.59 Å². The summed E-state index contributed by atoms with van der Waals surface area (Å²) in [5.41, 5.74) is 4.53. The highest BCUT2D eigenvalue weighted by atomic mass is 16.5. The first kappa shape index (κ1) is 22.7. The van der Waals surface area contributed by atoms with Gasteiger partial charge in [0, 0.05) is 6.54 Å². The monoisotopic (exact) mass is 469 g/mol. The molecule has 6 nitrogen and oxygen atoms in total. The molecule has 1 unspecified atom stereocenters. The summed E-state index contributed by atoms with van der Waals surface area (Å²) in [4.78, 5) is 29.1. The van der Waals surface area contributed by atoms with Crippen molar-refractivity contribution in [2.24, 2.45) is 0 Å². The van der Waals surface area contributed by atoms with Gasteiger partial charge in [0.2, 0.25) is 5.76 Å². The minimum Gasteiger partial charge on any atom is -0.497 e. The lowest BCUT2D eigenvalue weighted by Gasteiger charge is -2.25. The first-order valence-corrected chi connectivity index (χ1v) is 11.6. The zero-order valence-electron chi connectivity index (χ0n) is 20.3. The Bertz CT molecular complexity index is 1490. The summed E-state index contributed by atoms with van der Waals surface area (Å²) in [6, 6.07) is 18.4. The second kappa shape index (κ2) is 8.95. The second-order valence-electron chi connectivity index (χ2n) is 8.88. The van der Waals surface area contributed by atoms with E-state index >= 15 is 0 Å². The van der Waals surface area contributed by atoms with E-state index in [-0.39, 0.29) is 17.1 Å². The number of fused-ring (bicyclic) bond motifs is 2. The largest absolute Gasteiger partial charge is 0.497 e. The average Bonchev–Trinajstić information content (AvgIpc) is 3.16. The number of rotatable bonds is 6. The van der Waals surface area contributed by atoms with Crippen molar-refractivity contribution in [1.29, 1.82) is 0 Å². The Balaban J connectivity index is 1.63. The topological polar surface area (TPSA) is 69.0 Å². The predicted octanol–water partition coefficient (Wildman–Crippen LogP) is 5.21. The molecule has 178 valence electrons. The van der Waals surface area contributed by atoms with Crippen LogP contribution in [0.3, 0.4) is 0 Å². The zero-order valence-corrected chi connectivity index (χ0v) is 20.3. The average molecular weight is 470 g/mol. The Morgan fingerprint density at radius 1 is 0.886 bits per heavy atom. The van der Waals surface area contributed by atoms with E-state index in [1.54, 1.807) is 19.1 Å². The third-order valence-electron chi connectivity index (χ3n) is 6.79. The zero-order chi connectivity index (χ0) is 24.7. The highest BCUT2D eigenvalue weighted by molar-refractivity contribution is 5.99. The van der Waals surface area contributed by atoms with E-state index < -0.39 is 6.04 Å². The molecule has 0 saturated heterocycles. The van der Waals surface area contributed by atoms with Gasteiger partial charge >= 0.3 is 0 Å². The molecule has 5 rings (SSSR count). The van der Waals surface area contributed by atoms with Crippen molar-refractivity contribution in [2.75, 3.05) is 20.8 Å². The Morgan fingerprint density at radius 2 is 1.60 bits per heavy atom. The normalized spacial score (nSPS) is 14.9. The summed E-state index contributed by atoms with van der Waals surface area (Å²) >= 11 is 0. The number of nitrogens with zero attached hydrogens (tertiary/aromatic N) is 1. The molecule has 6 heteroatoms. The highest BCUT2D eigenvalue weighted by Crippen LogP contribution is 2.39. The van der Waals surface area contributed by atoms with E-state index in [9.17, 15) is 9.59 Å². The number of carbonyl (C=O) groups excluding carboxylic acids is 1. The Kier molecular flexibility index (Phi) is 5.81. The van der Waals surface area contributed by atoms with Crippen LogP contribution in [0.25, 0.3) is 11.0 Å². The molecule has 1 amide bonds. The SMILES string of the molecule is COc1ccc(CCN2C(=O)c3oc4cc(C)c(C)cc4c(=O)c3C2c2cccc(OC)c2)cc1. The summed E-state index contributed by atoms with van der Waals surface area (Å²) in [6.07, 6.45) is 0.621. The van der Waals surface area contributed by atoms with Gasteiger partial charge in [0.1, 0.15) is 17.1 Å². The van der Waals surface area contributed by atoms with Crippen molar-refractivity contribution in [3.8, 4) is 11.5 Å². The van der Waals surface area contributed by atoms with Gasteiger partial charge in [-0.2, -0.15) is 0 Å². The summed E-state index contributed by atoms with van der Waals surface area (Å²) in [5, 5.41) is 0.490. The minimum atomic E-state index is -0.562. The lowest BCUT2D eigenvalue weighted by Crippen LogP contribution is -2.31. The minimum absolute atomic E-state index is 0.119. The summed E-state index contributed by atoms with van der Waals surface area (Å²) in [6.45, 7) is 4.35. The van der Waals surface area contributed by atoms with Crippen LogP contribution in [0.4, 0.5) is 0 Å². The number of benzene rings is 3. The molecule has 0 N–H and O–H groups in total. The fourth-order valence-electron chi connectivity index (χ4n) is 4.71. The number of aryl methyl sites for hydroxylation is 2. The van der Waals surface area contributed by atoms with Gasteiger partial charge in [-0.1, -0.05) is 24.3 Å². The fraction of sp³-hybridized carbons (Fsp3) is 0.241. The molecular weight excluding hydrogens is 442 g/mol. The van der Waals surface area contributed by atoms with Gasteiger partial charge < -0.3 is 18.8 Å². The molecule has 35 heavy (non-hydrogen) atoms. The van der Waals surface area contributed by atoms with Crippen molar-refractivity contribution in [3.05, 3.63) is 104 Å². The molecule has 0 saturated carbocycles. The molecule has 0 spiro atoms. The number of hydrogen-bond acceptors (Lipinski definition) is 5. The molecule has 1 aliphatic rings. The lowest BCUT2D eigenvalue weighted by atomic mass is 9.97. The number of hydrogen-bond donors (Lipinski definition) is 0. The molecule has 1 atom stereocenters. The van der Waals surface area contributed by atoms with Gasteiger partial charge in [0.25, 0.3) is 5.91 Å². The molecule has 1 aliphatic heterocycles. The Labute approximate surface area is 203 Å². The maximum absolute atomic E-state index is 13.8. The van der Waals surface area contributed by atoms with Crippen LogP contribution in [-0.2, 0) is 6.42 Å². The van der Waals surface area contributed by atoms with Crippen LogP contribution in [0.1, 0.15) is 44.4 Å². The van der Waals surface area contributed by atoms with Crippen LogP contribution < -0.4 is 14.9 Å². The Hall–Kier alpha value is -4.06. The van der Waals surface area contributed by atoms with Crippen molar-refractivity contribution >= 4 is 16.9 Å². The van der Waals surface area contributed by atoms with E-state index in [2.05, 4.69) is 0 Å². The maximum Gasteiger partial charge on any atom is 0.290 e. The molecule has 0 aliphatic carbocycles. The van der Waals surface area contributed by atoms with Crippen LogP contribution >= 0.6 is 0 Å². The van der Waals surface area contributed by atoms with Crippen LogP contribution in [0.5, 0.6) is 11.5 Å². The second-order valence-corrected chi connectivity index (χ2v) is 8.88. The quantitative estimate of drug-likeness (QED) is 0.388. The molecule has 0 bridgehead atoms. The van der Waals surface area contributed by atoms with Crippen molar-refractivity contribution < 1.29 is 18.7 Å². The van der Waals surface area contributed by atoms with Gasteiger partial charge in [-0.05, 0) is 78.9 Å². The third kappa shape index (κ3) is 3.95. The van der Waals surface area contributed by atoms with Crippen LogP contribution in [0.15, 0.2) is 69.9 Å². The van der Waals surface area contributed by atoms with Gasteiger partial charge in [0.05, 0.1) is 31.2 Å². The first-order valence-electron chi connectivity index (χ1n) is 11.6. The third-order valence-corrected chi connectivity index (χ3v) is 6.79. The summed E-state index contributed by atoms with van der Waals surface area (Å²) < 4.78 is 16.8. The first-order chi connectivity index (χ1) is 16.9. The molecule has 1 aromatic heterocycles. The molecule has 2 heterocycles. The standard InChI is InChI=1S/C29H27NO5/c1-17-14-23-24(15-18(17)2)35-28-25(27(23)31)26(20-6-5-7-22(16-20)34-4)30(29(28)32)13-12-19-8-10-21(33-3)11-9-19/h5-11,14-16,26H,12-13H2,1-4H3. The molecule has 4 aromatic rings. The summed E-state index contributed by atoms with van der Waals surface area (Å²) in [7, 11) is 3.23. The van der Waals surface area contributed by atoms with E-state index in [0.717, 1.165) is 28.0 Å². The molecule has 0 fully saturated rings. The smallest absolute Gasteiger partial charge is 0.290 e. The summed E-state index contributed by atoms with van der Waals surface area (Å²) in [5.74, 6) is 1.28. The lowest BCUT2D eigenvalue weighted by molar-refractivity contribution is 0.0730. The van der Waals surface area contributed by atoms with Crippen LogP contribution in [-0.4, -0.2) is 31.6 Å². The van der Waals surface area contributed by atoms with E-state index in [4.69, 9.17) is 13.9 Å². The number of ether oxygens (including phenoxy) is 2. The number of methoxy groups -OCH3 is 2. The molecule has 0 radical (unpaired) electrons. The Morgan fingerprint density at radius 3 is 2.31 bits per heavy atom. The van der Waals surface area contributed by atoms with E-state index in [1.807, 2.05) is 74.5 Å². The predicted molar refractivity (Wildman–Crippen MR) is 135 cm³/mol. The highest BCUT2D eigenvalue weighted by Gasteiger charge is 2.42. The number of carbonyl (C=O) groups is 1. The van der Waals surface area contributed by atoms with Crippen LogP contribution in [0, 0.1) is 13.8 Å². The number of amides is 1. The fourth-order valence-corrected chi connectivity index (χ4v) is 4.71. The van der Waals surface area contributed by atoms with Crippen molar-refractivity contribution in [2.45, 2.75) is 26.3 Å². The van der Waals surface area contributed by atoms with E-state index in [1.165, 1.54) is 0 Å². The van der Waals surface area contributed by atoms with Crippen molar-refractivity contribution in [3.63, 3.8) is 0 Å². The van der Waals surface area contributed by atoms with Gasteiger partial charge in [0.15, 0.2) is 5.43 Å². The van der Waals surface area contributed by atoms with Gasteiger partial charge in [-0.25, -0.2) is 0 Å². The van der Waals surface area contributed by atoms with E-state index in [0.29, 0.717) is 35.2 Å². The molecule has 3 aromatic carbocycles. The molecular formula is C29H27NO5. The van der Waals surface area contributed by atoms with Gasteiger partial charge in [-0.15, -0.1) is 0 Å². The van der Waals surface area contributed by atoms with Crippen LogP contribution in [0.2, 0.25) is 0 Å².